The Kier molecular flexibility index (Phi) is 10.2. The van der Waals surface area contributed by atoms with Gasteiger partial charge in [0, 0.05) is 35.6 Å². The third-order valence-corrected chi connectivity index (χ3v) is 6.98. The second kappa shape index (κ2) is 12.4. The minimum Gasteiger partial charge on any atom is -0.352 e. The summed E-state index contributed by atoms with van der Waals surface area (Å²) in [4.78, 5) is 27.4. The van der Waals surface area contributed by atoms with E-state index in [-0.39, 0.29) is 43.8 Å². The average molecular weight is 529 g/mol. The van der Waals surface area contributed by atoms with Crippen LogP contribution in [0.1, 0.15) is 39.2 Å². The lowest BCUT2D eigenvalue weighted by atomic mass is 10.1. The number of rotatable bonds is 11. The van der Waals surface area contributed by atoms with E-state index in [1.807, 2.05) is 26.0 Å². The van der Waals surface area contributed by atoms with E-state index < -0.39 is 16.1 Å². The highest BCUT2D eigenvalue weighted by atomic mass is 35.5. The molecule has 1 atom stereocenters. The van der Waals surface area contributed by atoms with Crippen molar-refractivity contribution in [3.63, 3.8) is 0 Å². The zero-order valence-electron chi connectivity index (χ0n) is 19.8. The molecule has 0 aliphatic carbocycles. The number of hydrogen-bond acceptors (Lipinski definition) is 4. The van der Waals surface area contributed by atoms with Gasteiger partial charge in [0.2, 0.25) is 21.8 Å². The molecule has 0 bridgehead atoms. The zero-order valence-corrected chi connectivity index (χ0v) is 22.1. The SMILES string of the molecule is CC(C)NC(=O)[C@@H](C)N(Cc1ccccc1Cl)C(=O)CCCN(c1ccc(Cl)cc1)S(C)(=O)=O. The third-order valence-electron chi connectivity index (χ3n) is 5.16. The molecule has 7 nitrogen and oxygen atoms in total. The molecule has 2 rings (SSSR count). The van der Waals surface area contributed by atoms with Crippen molar-refractivity contribution in [3.05, 3.63) is 64.1 Å². The number of nitrogens with one attached hydrogen (secondary N) is 1. The Balaban J connectivity index is 2.17. The smallest absolute Gasteiger partial charge is 0.242 e. The summed E-state index contributed by atoms with van der Waals surface area (Å²) in [5.74, 6) is -0.537. The second-order valence-corrected chi connectivity index (χ2v) is 11.1. The molecule has 0 saturated carbocycles. The largest absolute Gasteiger partial charge is 0.352 e. The molecule has 2 amide bonds. The molecule has 0 fully saturated rings. The van der Waals surface area contributed by atoms with E-state index in [9.17, 15) is 18.0 Å². The van der Waals surface area contributed by atoms with E-state index in [0.717, 1.165) is 11.8 Å². The lowest BCUT2D eigenvalue weighted by Crippen LogP contribution is -2.49. The maximum Gasteiger partial charge on any atom is 0.242 e. The van der Waals surface area contributed by atoms with Crippen LogP contribution < -0.4 is 9.62 Å². The minimum atomic E-state index is -3.56. The Morgan fingerprint density at radius 1 is 1.00 bits per heavy atom. The highest BCUT2D eigenvalue weighted by Crippen LogP contribution is 2.22. The number of carbonyl (C=O) groups is 2. The molecular formula is C24H31Cl2N3O4S. The predicted molar refractivity (Wildman–Crippen MR) is 138 cm³/mol. The quantitative estimate of drug-likeness (QED) is 0.466. The van der Waals surface area contributed by atoms with Gasteiger partial charge in [-0.05, 0) is 63.1 Å². The van der Waals surface area contributed by atoms with E-state index in [0.29, 0.717) is 15.7 Å². The fourth-order valence-corrected chi connectivity index (χ4v) is 4.70. The van der Waals surface area contributed by atoms with E-state index in [1.54, 1.807) is 43.3 Å². The van der Waals surface area contributed by atoms with E-state index in [2.05, 4.69) is 5.32 Å². The molecule has 10 heteroatoms. The lowest BCUT2D eigenvalue weighted by molar-refractivity contribution is -0.140. The van der Waals surface area contributed by atoms with Gasteiger partial charge in [0.1, 0.15) is 6.04 Å². The number of carbonyl (C=O) groups excluding carboxylic acids is 2. The van der Waals surface area contributed by atoms with E-state index >= 15 is 0 Å². The van der Waals surface area contributed by atoms with Gasteiger partial charge in [0.05, 0.1) is 11.9 Å². The molecule has 186 valence electrons. The van der Waals surface area contributed by atoms with E-state index in [1.165, 1.54) is 9.21 Å². The van der Waals surface area contributed by atoms with Crippen LogP contribution in [-0.4, -0.2) is 50.0 Å². The first-order valence-electron chi connectivity index (χ1n) is 11.0. The van der Waals surface area contributed by atoms with Gasteiger partial charge in [0.25, 0.3) is 0 Å². The van der Waals surface area contributed by atoms with E-state index in [4.69, 9.17) is 23.2 Å². The molecule has 0 aromatic heterocycles. The van der Waals surface area contributed by atoms with Gasteiger partial charge in [-0.15, -0.1) is 0 Å². The Labute approximate surface area is 212 Å². The lowest BCUT2D eigenvalue weighted by Gasteiger charge is -2.30. The van der Waals surface area contributed by atoms with Gasteiger partial charge in [-0.3, -0.25) is 13.9 Å². The van der Waals surface area contributed by atoms with Crippen LogP contribution in [0.3, 0.4) is 0 Å². The summed E-state index contributed by atoms with van der Waals surface area (Å²) < 4.78 is 25.9. The van der Waals surface area contributed by atoms with Crippen LogP contribution in [0.5, 0.6) is 0 Å². The van der Waals surface area contributed by atoms with Gasteiger partial charge in [0.15, 0.2) is 0 Å². The predicted octanol–water partition coefficient (Wildman–Crippen LogP) is 4.48. The monoisotopic (exact) mass is 527 g/mol. The molecule has 0 saturated heterocycles. The minimum absolute atomic E-state index is 0.0589. The average Bonchev–Trinajstić information content (AvgIpc) is 2.75. The summed E-state index contributed by atoms with van der Waals surface area (Å²) in [6.07, 6.45) is 1.45. The van der Waals surface area contributed by atoms with Crippen LogP contribution in [0, 0.1) is 0 Å². The topological polar surface area (TPSA) is 86.8 Å². The number of amides is 2. The normalized spacial score (nSPS) is 12.3. The molecule has 0 aliphatic heterocycles. The first-order valence-corrected chi connectivity index (χ1v) is 13.6. The number of sulfonamides is 1. The second-order valence-electron chi connectivity index (χ2n) is 8.37. The Morgan fingerprint density at radius 2 is 1.62 bits per heavy atom. The molecule has 2 aromatic rings. The summed E-state index contributed by atoms with van der Waals surface area (Å²) in [6, 6.07) is 12.8. The summed E-state index contributed by atoms with van der Waals surface area (Å²) in [5, 5.41) is 3.83. The van der Waals surface area contributed by atoms with Gasteiger partial charge in [-0.25, -0.2) is 8.42 Å². The van der Waals surface area contributed by atoms with Crippen LogP contribution in [0.4, 0.5) is 5.69 Å². The van der Waals surface area contributed by atoms with Crippen molar-refractivity contribution in [1.29, 1.82) is 0 Å². The van der Waals surface area contributed by atoms with Crippen molar-refractivity contribution < 1.29 is 18.0 Å². The molecule has 0 spiro atoms. The highest BCUT2D eigenvalue weighted by Gasteiger charge is 2.27. The van der Waals surface area contributed by atoms with Crippen LogP contribution in [0.15, 0.2) is 48.5 Å². The van der Waals surface area contributed by atoms with Crippen LogP contribution in [0.2, 0.25) is 10.0 Å². The van der Waals surface area contributed by atoms with Crippen molar-refractivity contribution in [2.24, 2.45) is 0 Å². The summed E-state index contributed by atoms with van der Waals surface area (Å²) in [5.41, 5.74) is 1.19. The van der Waals surface area contributed by atoms with Crippen LogP contribution in [-0.2, 0) is 26.2 Å². The zero-order chi connectivity index (χ0) is 25.5. The summed E-state index contributed by atoms with van der Waals surface area (Å²) >= 11 is 12.2. The molecule has 0 aliphatic rings. The first-order chi connectivity index (χ1) is 15.9. The molecule has 1 N–H and O–H groups in total. The van der Waals surface area contributed by atoms with Gasteiger partial charge < -0.3 is 10.2 Å². The third kappa shape index (κ3) is 8.18. The fraction of sp³-hybridized carbons (Fsp3) is 0.417. The van der Waals surface area contributed by atoms with Crippen molar-refractivity contribution >= 4 is 50.7 Å². The van der Waals surface area contributed by atoms with Crippen molar-refractivity contribution in [1.82, 2.24) is 10.2 Å². The summed E-state index contributed by atoms with van der Waals surface area (Å²) in [7, 11) is -3.56. The number of hydrogen-bond donors (Lipinski definition) is 1. The number of nitrogens with zero attached hydrogens (tertiary/aromatic N) is 2. The molecular weight excluding hydrogens is 497 g/mol. The number of benzene rings is 2. The van der Waals surface area contributed by atoms with Crippen LogP contribution >= 0.6 is 23.2 Å². The summed E-state index contributed by atoms with van der Waals surface area (Å²) in [6.45, 7) is 5.64. The van der Waals surface area contributed by atoms with Crippen molar-refractivity contribution in [3.8, 4) is 0 Å². The molecule has 2 aromatic carbocycles. The first kappa shape index (κ1) is 28.0. The Morgan fingerprint density at radius 3 is 2.18 bits per heavy atom. The Hall–Kier alpha value is -2.29. The van der Waals surface area contributed by atoms with Crippen molar-refractivity contribution in [2.45, 2.75) is 52.2 Å². The standard InChI is InChI=1S/C24H31Cl2N3O4S/c1-17(2)27-24(31)18(3)28(16-19-8-5-6-9-22(19)26)23(30)10-7-15-29(34(4,32)33)21-13-11-20(25)12-14-21/h5-6,8-9,11-14,17-18H,7,10,15-16H2,1-4H3,(H,27,31)/t18-/m1/s1. The maximum absolute atomic E-state index is 13.2. The molecule has 0 unspecified atom stereocenters. The highest BCUT2D eigenvalue weighted by molar-refractivity contribution is 7.92. The maximum atomic E-state index is 13.2. The molecule has 0 heterocycles. The fourth-order valence-electron chi connectivity index (χ4n) is 3.41. The van der Waals surface area contributed by atoms with Crippen LogP contribution in [0.25, 0.3) is 0 Å². The van der Waals surface area contributed by atoms with Crippen molar-refractivity contribution in [2.75, 3.05) is 17.1 Å². The molecule has 0 radical (unpaired) electrons. The van der Waals surface area contributed by atoms with Gasteiger partial charge in [-0.1, -0.05) is 41.4 Å². The number of anilines is 1. The Bertz CT molecular complexity index is 1090. The van der Waals surface area contributed by atoms with Gasteiger partial charge >= 0.3 is 0 Å². The number of halogens is 2. The molecule has 34 heavy (non-hydrogen) atoms. The van der Waals surface area contributed by atoms with Gasteiger partial charge in [-0.2, -0.15) is 0 Å².